The largest absolute Gasteiger partial charge is 0.336 e. The van der Waals surface area contributed by atoms with Crippen LogP contribution in [-0.2, 0) is 0 Å². The minimum absolute atomic E-state index is 0.177. The Morgan fingerprint density at radius 3 is 2.82 bits per heavy atom. The molecule has 0 radical (unpaired) electrons. The summed E-state index contributed by atoms with van der Waals surface area (Å²) < 4.78 is 0. The van der Waals surface area contributed by atoms with E-state index in [1.165, 1.54) is 0 Å². The first-order chi connectivity index (χ1) is 8.07. The molecular formula is C13H19N3O. The van der Waals surface area contributed by atoms with E-state index in [9.17, 15) is 4.79 Å². The summed E-state index contributed by atoms with van der Waals surface area (Å²) in [6.45, 7) is 2.54. The molecule has 2 amide bonds. The number of nitrogens with one attached hydrogen (secondary N) is 2. The zero-order valence-corrected chi connectivity index (χ0v) is 10.1. The van der Waals surface area contributed by atoms with Gasteiger partial charge in [-0.3, -0.25) is 0 Å². The molecule has 1 aliphatic carbocycles. The Hall–Kier alpha value is -1.55. The average molecular weight is 233 g/mol. The van der Waals surface area contributed by atoms with Crippen LogP contribution in [0.15, 0.2) is 24.3 Å². The van der Waals surface area contributed by atoms with E-state index in [0.717, 1.165) is 30.5 Å². The number of anilines is 1. The number of carbonyl (C=O) groups is 1. The van der Waals surface area contributed by atoms with Crippen molar-refractivity contribution in [2.24, 2.45) is 5.73 Å². The average Bonchev–Trinajstić information content (AvgIpc) is 2.24. The zero-order valence-electron chi connectivity index (χ0n) is 10.1. The van der Waals surface area contributed by atoms with Crippen LogP contribution in [0.1, 0.15) is 24.8 Å². The Morgan fingerprint density at radius 2 is 2.24 bits per heavy atom. The van der Waals surface area contributed by atoms with E-state index in [0.29, 0.717) is 6.54 Å². The second-order valence-electron chi connectivity index (χ2n) is 4.89. The number of urea groups is 1. The van der Waals surface area contributed by atoms with Gasteiger partial charge in [-0.15, -0.1) is 0 Å². The lowest BCUT2D eigenvalue weighted by molar-refractivity contribution is 0.225. The predicted molar refractivity (Wildman–Crippen MR) is 69.0 cm³/mol. The van der Waals surface area contributed by atoms with Crippen LogP contribution in [-0.4, -0.2) is 18.1 Å². The van der Waals surface area contributed by atoms with Gasteiger partial charge >= 0.3 is 6.03 Å². The SMILES string of the molecule is Cc1cccc(NC(=O)NCC2(N)CCC2)c1. The molecule has 4 N–H and O–H groups in total. The molecule has 0 aromatic heterocycles. The molecule has 4 heteroatoms. The summed E-state index contributed by atoms with van der Waals surface area (Å²) in [5.41, 5.74) is 7.78. The monoisotopic (exact) mass is 233 g/mol. The van der Waals surface area contributed by atoms with Crippen LogP contribution in [0, 0.1) is 6.92 Å². The molecule has 0 saturated heterocycles. The number of amides is 2. The molecule has 1 aliphatic rings. The number of rotatable bonds is 3. The van der Waals surface area contributed by atoms with Crippen LogP contribution in [0.3, 0.4) is 0 Å². The fraction of sp³-hybridized carbons (Fsp3) is 0.462. The van der Waals surface area contributed by atoms with E-state index < -0.39 is 0 Å². The highest BCUT2D eigenvalue weighted by Crippen LogP contribution is 2.27. The predicted octanol–water partition coefficient (Wildman–Crippen LogP) is 2.00. The molecule has 0 atom stereocenters. The number of hydrogen-bond acceptors (Lipinski definition) is 2. The van der Waals surface area contributed by atoms with E-state index in [-0.39, 0.29) is 11.6 Å². The Kier molecular flexibility index (Phi) is 3.33. The lowest BCUT2D eigenvalue weighted by Crippen LogP contribution is -2.55. The van der Waals surface area contributed by atoms with Gasteiger partial charge < -0.3 is 16.4 Å². The van der Waals surface area contributed by atoms with Crippen molar-refractivity contribution < 1.29 is 4.79 Å². The van der Waals surface area contributed by atoms with Crippen molar-refractivity contribution >= 4 is 11.7 Å². The fourth-order valence-corrected chi connectivity index (χ4v) is 1.96. The molecule has 0 aliphatic heterocycles. The van der Waals surface area contributed by atoms with Gasteiger partial charge in [0, 0.05) is 17.8 Å². The van der Waals surface area contributed by atoms with Gasteiger partial charge in [-0.2, -0.15) is 0 Å². The van der Waals surface area contributed by atoms with Crippen molar-refractivity contribution in [3.63, 3.8) is 0 Å². The highest BCUT2D eigenvalue weighted by Gasteiger charge is 2.32. The van der Waals surface area contributed by atoms with Gasteiger partial charge in [0.1, 0.15) is 0 Å². The van der Waals surface area contributed by atoms with Crippen molar-refractivity contribution in [2.75, 3.05) is 11.9 Å². The van der Waals surface area contributed by atoms with E-state index >= 15 is 0 Å². The van der Waals surface area contributed by atoms with Gasteiger partial charge in [0.2, 0.25) is 0 Å². The molecule has 2 rings (SSSR count). The molecule has 4 nitrogen and oxygen atoms in total. The van der Waals surface area contributed by atoms with Gasteiger partial charge in [-0.25, -0.2) is 4.79 Å². The van der Waals surface area contributed by atoms with Crippen molar-refractivity contribution in [1.29, 1.82) is 0 Å². The van der Waals surface area contributed by atoms with E-state index in [4.69, 9.17) is 5.73 Å². The summed E-state index contributed by atoms with van der Waals surface area (Å²) in [6.07, 6.45) is 3.16. The third kappa shape index (κ3) is 3.20. The summed E-state index contributed by atoms with van der Waals surface area (Å²) in [5, 5.41) is 5.62. The van der Waals surface area contributed by atoms with Crippen molar-refractivity contribution in [3.05, 3.63) is 29.8 Å². The van der Waals surface area contributed by atoms with Crippen molar-refractivity contribution in [1.82, 2.24) is 5.32 Å². The Bertz CT molecular complexity index is 413. The smallest absolute Gasteiger partial charge is 0.319 e. The maximum absolute atomic E-state index is 11.6. The number of nitrogens with two attached hydrogens (primary N) is 1. The maximum Gasteiger partial charge on any atom is 0.319 e. The summed E-state index contributed by atoms with van der Waals surface area (Å²) >= 11 is 0. The maximum atomic E-state index is 11.6. The van der Waals surface area contributed by atoms with Crippen LogP contribution in [0.4, 0.5) is 10.5 Å². The third-order valence-corrected chi connectivity index (χ3v) is 3.23. The number of benzene rings is 1. The molecule has 92 valence electrons. The highest BCUT2D eigenvalue weighted by atomic mass is 16.2. The Labute approximate surface area is 102 Å². The normalized spacial score (nSPS) is 17.1. The van der Waals surface area contributed by atoms with Crippen molar-refractivity contribution in [2.45, 2.75) is 31.7 Å². The van der Waals surface area contributed by atoms with Crippen LogP contribution >= 0.6 is 0 Å². The van der Waals surface area contributed by atoms with Crippen LogP contribution < -0.4 is 16.4 Å². The van der Waals surface area contributed by atoms with Gasteiger partial charge in [-0.1, -0.05) is 12.1 Å². The fourth-order valence-electron chi connectivity index (χ4n) is 1.96. The second kappa shape index (κ2) is 4.75. The molecule has 0 bridgehead atoms. The molecule has 0 unspecified atom stereocenters. The molecule has 0 heterocycles. The van der Waals surface area contributed by atoms with Crippen LogP contribution in [0.25, 0.3) is 0 Å². The number of carbonyl (C=O) groups excluding carboxylic acids is 1. The summed E-state index contributed by atoms with van der Waals surface area (Å²) in [7, 11) is 0. The standard InChI is InChI=1S/C13H19N3O/c1-10-4-2-5-11(8-10)16-12(17)15-9-13(14)6-3-7-13/h2,4-5,8H,3,6-7,9,14H2,1H3,(H2,15,16,17). The molecule has 1 aromatic rings. The molecule has 1 saturated carbocycles. The lowest BCUT2D eigenvalue weighted by atomic mass is 9.78. The van der Waals surface area contributed by atoms with Crippen LogP contribution in [0.5, 0.6) is 0 Å². The Morgan fingerprint density at radius 1 is 1.47 bits per heavy atom. The highest BCUT2D eigenvalue weighted by molar-refractivity contribution is 5.89. The number of hydrogen-bond donors (Lipinski definition) is 3. The minimum Gasteiger partial charge on any atom is -0.336 e. The first kappa shape index (κ1) is 11.9. The topological polar surface area (TPSA) is 67.2 Å². The summed E-state index contributed by atoms with van der Waals surface area (Å²) in [4.78, 5) is 11.6. The van der Waals surface area contributed by atoms with E-state index in [1.807, 2.05) is 31.2 Å². The lowest BCUT2D eigenvalue weighted by Gasteiger charge is -2.38. The van der Waals surface area contributed by atoms with E-state index in [1.54, 1.807) is 0 Å². The molecule has 0 spiro atoms. The van der Waals surface area contributed by atoms with Gasteiger partial charge in [-0.05, 0) is 43.9 Å². The molecule has 1 aromatic carbocycles. The Balaban J connectivity index is 1.81. The summed E-state index contributed by atoms with van der Waals surface area (Å²) in [5.74, 6) is 0. The molecular weight excluding hydrogens is 214 g/mol. The number of aryl methyl sites for hydroxylation is 1. The third-order valence-electron chi connectivity index (χ3n) is 3.23. The van der Waals surface area contributed by atoms with E-state index in [2.05, 4.69) is 10.6 Å². The zero-order chi connectivity index (χ0) is 12.3. The second-order valence-corrected chi connectivity index (χ2v) is 4.89. The molecule has 17 heavy (non-hydrogen) atoms. The van der Waals surface area contributed by atoms with Gasteiger partial charge in [0.25, 0.3) is 0 Å². The first-order valence-corrected chi connectivity index (χ1v) is 5.98. The molecule has 1 fully saturated rings. The summed E-state index contributed by atoms with van der Waals surface area (Å²) in [6, 6.07) is 7.52. The minimum atomic E-state index is -0.188. The van der Waals surface area contributed by atoms with Gasteiger partial charge in [0.05, 0.1) is 0 Å². The van der Waals surface area contributed by atoms with Gasteiger partial charge in [0.15, 0.2) is 0 Å². The first-order valence-electron chi connectivity index (χ1n) is 5.98. The van der Waals surface area contributed by atoms with Crippen molar-refractivity contribution in [3.8, 4) is 0 Å². The van der Waals surface area contributed by atoms with Crippen LogP contribution in [0.2, 0.25) is 0 Å². The quantitative estimate of drug-likeness (QED) is 0.747.